The Morgan fingerprint density at radius 1 is 1.28 bits per heavy atom. The van der Waals surface area contributed by atoms with Crippen molar-refractivity contribution in [2.24, 2.45) is 0 Å². The first-order valence-corrected chi connectivity index (χ1v) is 8.61. The van der Waals surface area contributed by atoms with Gasteiger partial charge in [0.05, 0.1) is 18.4 Å². The zero-order chi connectivity index (χ0) is 17.2. The van der Waals surface area contributed by atoms with Gasteiger partial charge in [-0.05, 0) is 56.1 Å². The largest absolute Gasteiger partial charge is 0.444 e. The molecule has 0 spiro atoms. The Morgan fingerprint density at radius 3 is 2.88 bits per heavy atom. The fourth-order valence-corrected chi connectivity index (χ4v) is 3.41. The molecule has 1 aliphatic rings. The molecule has 3 aromatic rings. The summed E-state index contributed by atoms with van der Waals surface area (Å²) in [5.41, 5.74) is 2.88. The van der Waals surface area contributed by atoms with Crippen molar-refractivity contribution in [3.8, 4) is 11.5 Å². The van der Waals surface area contributed by atoms with Crippen LogP contribution in [0.1, 0.15) is 24.1 Å². The van der Waals surface area contributed by atoms with Gasteiger partial charge in [-0.15, -0.1) is 0 Å². The minimum absolute atomic E-state index is 0.260. The van der Waals surface area contributed by atoms with E-state index < -0.39 is 0 Å². The second kappa shape index (κ2) is 6.80. The SMILES string of the molecule is Cc1cnn(CC2CCCN2Cc2coc(-c3ccc(F)cc3)n2)c1. The summed E-state index contributed by atoms with van der Waals surface area (Å²) in [5.74, 6) is 0.276. The van der Waals surface area contributed by atoms with Gasteiger partial charge in [0.25, 0.3) is 0 Å². The summed E-state index contributed by atoms with van der Waals surface area (Å²) in [4.78, 5) is 7.00. The van der Waals surface area contributed by atoms with Crippen LogP contribution in [0.2, 0.25) is 0 Å². The van der Waals surface area contributed by atoms with E-state index in [1.807, 2.05) is 10.9 Å². The maximum atomic E-state index is 13.0. The lowest BCUT2D eigenvalue weighted by atomic mass is 10.2. The Labute approximate surface area is 146 Å². The average Bonchev–Trinajstić information content (AvgIpc) is 3.32. The second-order valence-electron chi connectivity index (χ2n) is 6.66. The van der Waals surface area contributed by atoms with E-state index >= 15 is 0 Å². The molecular formula is C19H21FN4O. The van der Waals surface area contributed by atoms with Crippen LogP contribution in [0.4, 0.5) is 4.39 Å². The summed E-state index contributed by atoms with van der Waals surface area (Å²) in [7, 11) is 0. The standard InChI is InChI=1S/C19H21FN4O/c1-14-9-21-24(10-14)12-18-3-2-8-23(18)11-17-13-25-19(22-17)15-4-6-16(20)7-5-15/h4-7,9-10,13,18H,2-3,8,11-12H2,1H3. The van der Waals surface area contributed by atoms with Crippen molar-refractivity contribution in [1.82, 2.24) is 19.7 Å². The Balaban J connectivity index is 1.43. The minimum atomic E-state index is -0.260. The maximum Gasteiger partial charge on any atom is 0.226 e. The smallest absolute Gasteiger partial charge is 0.226 e. The maximum absolute atomic E-state index is 13.0. The molecule has 6 heteroatoms. The number of oxazole rings is 1. The van der Waals surface area contributed by atoms with Gasteiger partial charge in [0.15, 0.2) is 0 Å². The third kappa shape index (κ3) is 3.64. The lowest BCUT2D eigenvalue weighted by molar-refractivity contribution is 0.216. The molecule has 1 unspecified atom stereocenters. The topological polar surface area (TPSA) is 47.1 Å². The molecule has 3 heterocycles. The number of hydrogen-bond donors (Lipinski definition) is 0. The van der Waals surface area contributed by atoms with Gasteiger partial charge in [0.1, 0.15) is 12.1 Å². The highest BCUT2D eigenvalue weighted by Gasteiger charge is 2.26. The molecule has 25 heavy (non-hydrogen) atoms. The summed E-state index contributed by atoms with van der Waals surface area (Å²) in [6.45, 7) is 4.78. The molecule has 1 atom stereocenters. The van der Waals surface area contributed by atoms with Crippen molar-refractivity contribution in [2.75, 3.05) is 6.54 Å². The van der Waals surface area contributed by atoms with Crippen molar-refractivity contribution in [3.05, 3.63) is 60.0 Å². The van der Waals surface area contributed by atoms with E-state index in [9.17, 15) is 4.39 Å². The fraction of sp³-hybridized carbons (Fsp3) is 0.368. The highest BCUT2D eigenvalue weighted by Crippen LogP contribution is 2.24. The summed E-state index contributed by atoms with van der Waals surface area (Å²) in [6.07, 6.45) is 8.03. The molecule has 5 nitrogen and oxygen atoms in total. The van der Waals surface area contributed by atoms with Crippen molar-refractivity contribution in [1.29, 1.82) is 0 Å². The lowest BCUT2D eigenvalue weighted by Gasteiger charge is -2.23. The monoisotopic (exact) mass is 340 g/mol. The Morgan fingerprint density at radius 2 is 2.12 bits per heavy atom. The first-order valence-electron chi connectivity index (χ1n) is 8.61. The van der Waals surface area contributed by atoms with Gasteiger partial charge in [-0.2, -0.15) is 5.10 Å². The Hall–Kier alpha value is -2.47. The zero-order valence-corrected chi connectivity index (χ0v) is 14.2. The minimum Gasteiger partial charge on any atom is -0.444 e. The second-order valence-corrected chi connectivity index (χ2v) is 6.66. The van der Waals surface area contributed by atoms with E-state index in [4.69, 9.17) is 4.42 Å². The van der Waals surface area contributed by atoms with E-state index in [1.165, 1.54) is 30.5 Å². The third-order valence-electron chi connectivity index (χ3n) is 4.67. The molecule has 0 N–H and O–H groups in total. The van der Waals surface area contributed by atoms with Crippen LogP contribution in [0.3, 0.4) is 0 Å². The van der Waals surface area contributed by atoms with Gasteiger partial charge in [-0.25, -0.2) is 9.37 Å². The molecule has 0 radical (unpaired) electrons. The van der Waals surface area contributed by atoms with Crippen LogP contribution in [0, 0.1) is 12.7 Å². The molecule has 1 saturated heterocycles. The highest BCUT2D eigenvalue weighted by molar-refractivity contribution is 5.52. The van der Waals surface area contributed by atoms with Gasteiger partial charge in [-0.3, -0.25) is 9.58 Å². The van der Waals surface area contributed by atoms with Crippen molar-refractivity contribution in [2.45, 2.75) is 38.9 Å². The van der Waals surface area contributed by atoms with Crippen LogP contribution in [0.5, 0.6) is 0 Å². The van der Waals surface area contributed by atoms with Crippen LogP contribution >= 0.6 is 0 Å². The predicted octanol–water partition coefficient (Wildman–Crippen LogP) is 3.65. The van der Waals surface area contributed by atoms with Gasteiger partial charge in [-0.1, -0.05) is 0 Å². The number of aromatic nitrogens is 3. The summed E-state index contributed by atoms with van der Waals surface area (Å²) in [6, 6.07) is 6.67. The normalized spacial score (nSPS) is 18.1. The van der Waals surface area contributed by atoms with Gasteiger partial charge < -0.3 is 4.42 Å². The lowest BCUT2D eigenvalue weighted by Crippen LogP contribution is -2.32. The first kappa shape index (κ1) is 16.0. The van der Waals surface area contributed by atoms with E-state index in [0.29, 0.717) is 11.9 Å². The molecule has 4 rings (SSSR count). The Bertz CT molecular complexity index is 839. The van der Waals surface area contributed by atoms with Gasteiger partial charge in [0, 0.05) is 24.3 Å². The van der Waals surface area contributed by atoms with Crippen LogP contribution in [0.25, 0.3) is 11.5 Å². The van der Waals surface area contributed by atoms with E-state index in [0.717, 1.165) is 30.9 Å². The fourth-order valence-electron chi connectivity index (χ4n) is 3.41. The number of likely N-dealkylation sites (tertiary alicyclic amines) is 1. The molecule has 2 aromatic heterocycles. The van der Waals surface area contributed by atoms with Crippen molar-refractivity contribution < 1.29 is 8.81 Å². The van der Waals surface area contributed by atoms with E-state index in [1.54, 1.807) is 18.4 Å². The summed E-state index contributed by atoms with van der Waals surface area (Å²) in [5, 5.41) is 4.40. The van der Waals surface area contributed by atoms with Crippen LogP contribution < -0.4 is 0 Å². The summed E-state index contributed by atoms with van der Waals surface area (Å²) < 4.78 is 20.6. The molecule has 1 fully saturated rings. The predicted molar refractivity (Wildman–Crippen MR) is 92.3 cm³/mol. The molecule has 0 saturated carbocycles. The summed E-state index contributed by atoms with van der Waals surface area (Å²) >= 11 is 0. The molecule has 0 aliphatic carbocycles. The van der Waals surface area contributed by atoms with E-state index in [2.05, 4.69) is 28.1 Å². The number of rotatable bonds is 5. The number of benzene rings is 1. The van der Waals surface area contributed by atoms with Gasteiger partial charge >= 0.3 is 0 Å². The molecule has 1 aromatic carbocycles. The Kier molecular flexibility index (Phi) is 4.36. The third-order valence-corrected chi connectivity index (χ3v) is 4.67. The number of aryl methyl sites for hydroxylation is 1. The highest BCUT2D eigenvalue weighted by atomic mass is 19.1. The first-order chi connectivity index (χ1) is 12.2. The van der Waals surface area contributed by atoms with Crippen molar-refractivity contribution in [3.63, 3.8) is 0 Å². The number of hydrogen-bond acceptors (Lipinski definition) is 4. The van der Waals surface area contributed by atoms with Crippen molar-refractivity contribution >= 4 is 0 Å². The molecule has 0 bridgehead atoms. The quantitative estimate of drug-likeness (QED) is 0.711. The zero-order valence-electron chi connectivity index (χ0n) is 14.2. The van der Waals surface area contributed by atoms with Crippen LogP contribution in [-0.4, -0.2) is 32.3 Å². The number of nitrogens with zero attached hydrogens (tertiary/aromatic N) is 4. The molecule has 0 amide bonds. The van der Waals surface area contributed by atoms with E-state index in [-0.39, 0.29) is 5.82 Å². The molecule has 1 aliphatic heterocycles. The molecule has 130 valence electrons. The van der Waals surface area contributed by atoms with Crippen LogP contribution in [-0.2, 0) is 13.1 Å². The van der Waals surface area contributed by atoms with Gasteiger partial charge in [0.2, 0.25) is 5.89 Å². The average molecular weight is 340 g/mol. The van der Waals surface area contributed by atoms with Crippen LogP contribution in [0.15, 0.2) is 47.3 Å². The number of halogens is 1. The molecular weight excluding hydrogens is 319 g/mol.